The van der Waals surface area contributed by atoms with Crippen LogP contribution in [0.4, 0.5) is 0 Å². The van der Waals surface area contributed by atoms with Gasteiger partial charge in [0.25, 0.3) is 0 Å². The summed E-state index contributed by atoms with van der Waals surface area (Å²) in [5.41, 5.74) is 0.0697. The number of hydrogen-bond acceptors (Lipinski definition) is 4. The van der Waals surface area contributed by atoms with Crippen LogP contribution in [0.25, 0.3) is 0 Å². The van der Waals surface area contributed by atoms with Gasteiger partial charge >= 0.3 is 11.8 Å². The molecule has 14 heavy (non-hydrogen) atoms. The highest BCUT2D eigenvalue weighted by atomic mass is 16.7. The molecule has 0 saturated heterocycles. The van der Waals surface area contributed by atoms with Crippen LogP contribution in [0.15, 0.2) is 29.3 Å². The fourth-order valence-electron chi connectivity index (χ4n) is 1.15. The molecule has 2 rings (SSSR count). The van der Waals surface area contributed by atoms with Gasteiger partial charge in [-0.25, -0.2) is 4.79 Å². The SMILES string of the molecule is CC1(c2cc(C(=O)O)co2)OC=CO1. The van der Waals surface area contributed by atoms with E-state index in [2.05, 4.69) is 0 Å². The minimum absolute atomic E-state index is 0.0697. The Morgan fingerprint density at radius 1 is 1.43 bits per heavy atom. The Morgan fingerprint density at radius 2 is 2.07 bits per heavy atom. The van der Waals surface area contributed by atoms with E-state index in [1.165, 1.54) is 18.6 Å². The zero-order valence-electron chi connectivity index (χ0n) is 7.39. The molecule has 0 amide bonds. The van der Waals surface area contributed by atoms with E-state index >= 15 is 0 Å². The van der Waals surface area contributed by atoms with Crippen LogP contribution in [-0.4, -0.2) is 11.1 Å². The summed E-state index contributed by atoms with van der Waals surface area (Å²) in [5.74, 6) is -1.78. The molecule has 0 saturated carbocycles. The van der Waals surface area contributed by atoms with Gasteiger partial charge in [0.2, 0.25) is 0 Å². The summed E-state index contributed by atoms with van der Waals surface area (Å²) in [6, 6.07) is 1.37. The highest BCUT2D eigenvalue weighted by molar-refractivity contribution is 5.87. The maximum Gasteiger partial charge on any atom is 0.338 e. The molecule has 1 aliphatic rings. The van der Waals surface area contributed by atoms with Gasteiger partial charge in [-0.1, -0.05) is 0 Å². The van der Waals surface area contributed by atoms with Crippen LogP contribution in [-0.2, 0) is 15.3 Å². The molecular formula is C9H8O5. The molecular weight excluding hydrogens is 188 g/mol. The van der Waals surface area contributed by atoms with Gasteiger partial charge in [-0.2, -0.15) is 0 Å². The standard InChI is InChI=1S/C9H8O5/c1-9(13-2-3-14-9)7-4-6(5-12-7)8(10)11/h2-5H,1H3,(H,10,11). The van der Waals surface area contributed by atoms with Gasteiger partial charge in [-0.3, -0.25) is 0 Å². The van der Waals surface area contributed by atoms with Crippen LogP contribution in [0, 0.1) is 0 Å². The Kier molecular flexibility index (Phi) is 1.73. The second-order valence-electron chi connectivity index (χ2n) is 2.96. The topological polar surface area (TPSA) is 68.9 Å². The van der Waals surface area contributed by atoms with Crippen LogP contribution in [0.1, 0.15) is 23.0 Å². The lowest BCUT2D eigenvalue weighted by Crippen LogP contribution is -2.21. The Bertz CT molecular complexity index is 382. The molecule has 1 aromatic rings. The number of aromatic carboxylic acids is 1. The number of furan rings is 1. The van der Waals surface area contributed by atoms with Crippen LogP contribution < -0.4 is 0 Å². The Balaban J connectivity index is 2.29. The van der Waals surface area contributed by atoms with Crippen molar-refractivity contribution in [2.24, 2.45) is 0 Å². The fraction of sp³-hybridized carbons (Fsp3) is 0.222. The number of rotatable bonds is 2. The average Bonchev–Trinajstić information content (AvgIpc) is 2.71. The summed E-state index contributed by atoms with van der Waals surface area (Å²) < 4.78 is 15.3. The number of carboxylic acid groups (broad SMARTS) is 1. The molecule has 5 nitrogen and oxygen atoms in total. The van der Waals surface area contributed by atoms with Gasteiger partial charge in [0.1, 0.15) is 18.8 Å². The zero-order valence-corrected chi connectivity index (χ0v) is 7.39. The van der Waals surface area contributed by atoms with Gasteiger partial charge in [-0.15, -0.1) is 0 Å². The predicted molar refractivity (Wildman–Crippen MR) is 44.3 cm³/mol. The van der Waals surface area contributed by atoms with E-state index in [9.17, 15) is 4.79 Å². The zero-order chi connectivity index (χ0) is 10.2. The third-order valence-corrected chi connectivity index (χ3v) is 1.94. The van der Waals surface area contributed by atoms with Crippen molar-refractivity contribution in [3.05, 3.63) is 36.2 Å². The van der Waals surface area contributed by atoms with Crippen molar-refractivity contribution in [3.63, 3.8) is 0 Å². The fourth-order valence-corrected chi connectivity index (χ4v) is 1.15. The first-order chi connectivity index (χ1) is 6.62. The lowest BCUT2D eigenvalue weighted by Gasteiger charge is -2.19. The molecule has 1 N–H and O–H groups in total. The molecule has 74 valence electrons. The minimum atomic E-state index is -1.05. The molecule has 0 unspecified atom stereocenters. The lowest BCUT2D eigenvalue weighted by atomic mass is 10.2. The maximum absolute atomic E-state index is 10.6. The van der Waals surface area contributed by atoms with Crippen LogP contribution in [0.2, 0.25) is 0 Å². The first kappa shape index (κ1) is 8.68. The van der Waals surface area contributed by atoms with E-state index in [0.29, 0.717) is 5.76 Å². The molecule has 2 heterocycles. The van der Waals surface area contributed by atoms with Gasteiger partial charge < -0.3 is 19.0 Å². The molecule has 0 fully saturated rings. The molecule has 0 atom stereocenters. The number of hydrogen-bond donors (Lipinski definition) is 1. The monoisotopic (exact) mass is 196 g/mol. The van der Waals surface area contributed by atoms with Crippen molar-refractivity contribution >= 4 is 5.97 Å². The van der Waals surface area contributed by atoms with Crippen molar-refractivity contribution in [3.8, 4) is 0 Å². The third-order valence-electron chi connectivity index (χ3n) is 1.94. The molecule has 0 aromatic carbocycles. The molecule has 0 aliphatic carbocycles. The largest absolute Gasteiger partial charge is 0.478 e. The quantitative estimate of drug-likeness (QED) is 0.779. The molecule has 0 radical (unpaired) electrons. The Morgan fingerprint density at radius 3 is 2.57 bits per heavy atom. The van der Waals surface area contributed by atoms with Crippen LogP contribution in [0.3, 0.4) is 0 Å². The molecule has 0 bridgehead atoms. The smallest absolute Gasteiger partial charge is 0.338 e. The van der Waals surface area contributed by atoms with Crippen LogP contribution >= 0.6 is 0 Å². The molecule has 1 aromatic heterocycles. The first-order valence-electron chi connectivity index (χ1n) is 3.95. The number of carbonyl (C=O) groups is 1. The molecule has 1 aliphatic heterocycles. The van der Waals surface area contributed by atoms with Gasteiger partial charge in [-0.05, 0) is 0 Å². The van der Waals surface area contributed by atoms with Crippen molar-refractivity contribution in [2.45, 2.75) is 12.7 Å². The van der Waals surface area contributed by atoms with E-state index in [0.717, 1.165) is 6.26 Å². The van der Waals surface area contributed by atoms with Gasteiger partial charge in [0.05, 0.1) is 5.56 Å². The van der Waals surface area contributed by atoms with E-state index in [-0.39, 0.29) is 5.56 Å². The highest BCUT2D eigenvalue weighted by Gasteiger charge is 2.36. The van der Waals surface area contributed by atoms with E-state index in [1.54, 1.807) is 6.92 Å². The van der Waals surface area contributed by atoms with Crippen molar-refractivity contribution < 1.29 is 23.8 Å². The predicted octanol–water partition coefficient (Wildman–Crippen LogP) is 1.67. The van der Waals surface area contributed by atoms with Crippen molar-refractivity contribution in [2.75, 3.05) is 0 Å². The second-order valence-corrected chi connectivity index (χ2v) is 2.96. The van der Waals surface area contributed by atoms with E-state index in [4.69, 9.17) is 19.0 Å². The Hall–Kier alpha value is -1.91. The summed E-state index contributed by atoms with van der Waals surface area (Å²) in [6.45, 7) is 1.64. The Labute approximate surface area is 79.5 Å². The first-order valence-corrected chi connectivity index (χ1v) is 3.95. The normalized spacial score (nSPS) is 17.5. The average molecular weight is 196 g/mol. The summed E-state index contributed by atoms with van der Waals surface area (Å²) >= 11 is 0. The molecule has 5 heteroatoms. The van der Waals surface area contributed by atoms with Crippen molar-refractivity contribution in [1.82, 2.24) is 0 Å². The van der Waals surface area contributed by atoms with E-state index < -0.39 is 11.8 Å². The van der Waals surface area contributed by atoms with E-state index in [1.807, 2.05) is 0 Å². The summed E-state index contributed by atoms with van der Waals surface area (Å²) in [7, 11) is 0. The maximum atomic E-state index is 10.6. The van der Waals surface area contributed by atoms with Crippen molar-refractivity contribution in [1.29, 1.82) is 0 Å². The number of ether oxygens (including phenoxy) is 2. The molecule has 0 spiro atoms. The summed E-state index contributed by atoms with van der Waals surface area (Å²) in [6.07, 6.45) is 3.90. The van der Waals surface area contributed by atoms with Gasteiger partial charge in [0, 0.05) is 13.0 Å². The van der Waals surface area contributed by atoms with Crippen LogP contribution in [0.5, 0.6) is 0 Å². The second kappa shape index (κ2) is 2.80. The lowest BCUT2D eigenvalue weighted by molar-refractivity contribution is -0.147. The highest BCUT2D eigenvalue weighted by Crippen LogP contribution is 2.32. The summed E-state index contributed by atoms with van der Waals surface area (Å²) in [5, 5.41) is 8.67. The third kappa shape index (κ3) is 1.22. The number of carboxylic acids is 1. The summed E-state index contributed by atoms with van der Waals surface area (Å²) in [4.78, 5) is 10.6. The minimum Gasteiger partial charge on any atom is -0.478 e. The van der Waals surface area contributed by atoms with Gasteiger partial charge in [0.15, 0.2) is 5.76 Å².